The molecule has 1 saturated carbocycles. The predicted octanol–water partition coefficient (Wildman–Crippen LogP) is 3.62. The van der Waals surface area contributed by atoms with Crippen molar-refractivity contribution in [2.24, 2.45) is 5.73 Å². The van der Waals surface area contributed by atoms with E-state index in [4.69, 9.17) is 5.73 Å². The Kier molecular flexibility index (Phi) is 3.36. The molecule has 100 valence electrons. The van der Waals surface area contributed by atoms with Crippen LogP contribution in [0.3, 0.4) is 0 Å². The molecule has 0 radical (unpaired) electrons. The summed E-state index contributed by atoms with van der Waals surface area (Å²) in [5, 5.41) is 0. The standard InChI is InChI=1S/C13H15F4N/c14-9-2-3-10(11(8-9)13(15,16)17)12(6-7-18)4-1-5-12/h2-3,8H,1,4-7,18H2. The highest BCUT2D eigenvalue weighted by Gasteiger charge is 2.44. The van der Waals surface area contributed by atoms with Crippen molar-refractivity contribution in [1.82, 2.24) is 0 Å². The Morgan fingerprint density at radius 3 is 2.33 bits per heavy atom. The zero-order valence-electron chi connectivity index (χ0n) is 9.86. The van der Waals surface area contributed by atoms with Gasteiger partial charge in [0.25, 0.3) is 0 Å². The predicted molar refractivity (Wildman–Crippen MR) is 60.6 cm³/mol. The van der Waals surface area contributed by atoms with Crippen LogP contribution in [0.15, 0.2) is 18.2 Å². The molecule has 0 amide bonds. The zero-order valence-corrected chi connectivity index (χ0v) is 9.86. The van der Waals surface area contributed by atoms with Crippen molar-refractivity contribution in [3.05, 3.63) is 35.1 Å². The summed E-state index contributed by atoms with van der Waals surface area (Å²) in [5.74, 6) is -0.853. The zero-order chi connectivity index (χ0) is 13.4. The van der Waals surface area contributed by atoms with Gasteiger partial charge in [-0.2, -0.15) is 13.2 Å². The molecule has 0 saturated heterocycles. The van der Waals surface area contributed by atoms with Crippen LogP contribution in [0.25, 0.3) is 0 Å². The molecule has 2 rings (SSSR count). The third-order valence-electron chi connectivity index (χ3n) is 3.79. The van der Waals surface area contributed by atoms with Crippen LogP contribution in [0, 0.1) is 5.82 Å². The lowest BCUT2D eigenvalue weighted by atomic mass is 9.61. The van der Waals surface area contributed by atoms with Crippen molar-refractivity contribution in [3.63, 3.8) is 0 Å². The minimum absolute atomic E-state index is 0.202. The van der Waals surface area contributed by atoms with Crippen molar-refractivity contribution in [2.45, 2.75) is 37.3 Å². The quantitative estimate of drug-likeness (QED) is 0.826. The van der Waals surface area contributed by atoms with Crippen LogP contribution >= 0.6 is 0 Å². The molecule has 0 bridgehead atoms. The fourth-order valence-corrected chi connectivity index (χ4v) is 2.75. The normalized spacial score (nSPS) is 18.5. The molecule has 1 fully saturated rings. The highest BCUT2D eigenvalue weighted by atomic mass is 19.4. The summed E-state index contributed by atoms with van der Waals surface area (Å²) in [7, 11) is 0. The lowest BCUT2D eigenvalue weighted by Crippen LogP contribution is -2.38. The van der Waals surface area contributed by atoms with Crippen LogP contribution in [0.4, 0.5) is 17.6 Å². The van der Waals surface area contributed by atoms with Gasteiger partial charge in [-0.25, -0.2) is 4.39 Å². The highest BCUT2D eigenvalue weighted by Crippen LogP contribution is 2.50. The van der Waals surface area contributed by atoms with Crippen LogP contribution in [-0.2, 0) is 11.6 Å². The van der Waals surface area contributed by atoms with Gasteiger partial charge >= 0.3 is 6.18 Å². The maximum absolute atomic E-state index is 13.0. The van der Waals surface area contributed by atoms with E-state index in [1.165, 1.54) is 6.07 Å². The molecule has 1 aromatic carbocycles. The Morgan fingerprint density at radius 1 is 1.22 bits per heavy atom. The molecule has 1 nitrogen and oxygen atoms in total. The van der Waals surface area contributed by atoms with E-state index < -0.39 is 23.0 Å². The average molecular weight is 261 g/mol. The molecule has 1 aliphatic rings. The van der Waals surface area contributed by atoms with E-state index in [2.05, 4.69) is 0 Å². The topological polar surface area (TPSA) is 26.0 Å². The van der Waals surface area contributed by atoms with Crippen LogP contribution in [0.2, 0.25) is 0 Å². The summed E-state index contributed by atoms with van der Waals surface area (Å²) in [4.78, 5) is 0. The van der Waals surface area contributed by atoms with Gasteiger partial charge < -0.3 is 5.73 Å². The van der Waals surface area contributed by atoms with Gasteiger partial charge in [-0.1, -0.05) is 12.5 Å². The first kappa shape index (κ1) is 13.3. The second-order valence-corrected chi connectivity index (χ2v) is 4.86. The molecule has 0 atom stereocenters. The van der Waals surface area contributed by atoms with E-state index in [1.807, 2.05) is 0 Å². The van der Waals surface area contributed by atoms with E-state index in [9.17, 15) is 17.6 Å². The summed E-state index contributed by atoms with van der Waals surface area (Å²) in [6.45, 7) is 0.342. The number of hydrogen-bond acceptors (Lipinski definition) is 1. The van der Waals surface area contributed by atoms with Crippen molar-refractivity contribution in [2.75, 3.05) is 6.54 Å². The summed E-state index contributed by atoms with van der Waals surface area (Å²) in [6.07, 6.45) is -1.72. The Bertz CT molecular complexity index is 435. The summed E-state index contributed by atoms with van der Waals surface area (Å²) in [6, 6.07) is 2.96. The van der Waals surface area contributed by atoms with Gasteiger partial charge in [0.1, 0.15) is 5.82 Å². The molecule has 2 N–H and O–H groups in total. The van der Waals surface area contributed by atoms with Crippen molar-refractivity contribution in [3.8, 4) is 0 Å². The SMILES string of the molecule is NCCC1(c2ccc(F)cc2C(F)(F)F)CCC1. The second-order valence-electron chi connectivity index (χ2n) is 4.86. The first-order valence-electron chi connectivity index (χ1n) is 5.96. The summed E-state index contributed by atoms with van der Waals surface area (Å²) in [5.41, 5.74) is 4.34. The van der Waals surface area contributed by atoms with Crippen LogP contribution in [0.1, 0.15) is 36.8 Å². The van der Waals surface area contributed by atoms with Crippen molar-refractivity contribution < 1.29 is 17.6 Å². The molecule has 0 aliphatic heterocycles. The van der Waals surface area contributed by atoms with E-state index in [0.717, 1.165) is 12.5 Å². The van der Waals surface area contributed by atoms with Gasteiger partial charge in [0.05, 0.1) is 5.56 Å². The molecule has 0 aromatic heterocycles. The number of nitrogens with two attached hydrogens (primary N) is 1. The molecule has 1 aromatic rings. The third-order valence-corrected chi connectivity index (χ3v) is 3.79. The molecule has 0 spiro atoms. The number of rotatable bonds is 3. The van der Waals surface area contributed by atoms with E-state index in [1.54, 1.807) is 0 Å². The van der Waals surface area contributed by atoms with Gasteiger partial charge in [-0.15, -0.1) is 0 Å². The Labute approximate surface area is 103 Å². The van der Waals surface area contributed by atoms with Crippen LogP contribution < -0.4 is 5.73 Å². The maximum Gasteiger partial charge on any atom is 0.416 e. The largest absolute Gasteiger partial charge is 0.416 e. The Morgan fingerprint density at radius 2 is 1.89 bits per heavy atom. The lowest BCUT2D eigenvalue weighted by molar-refractivity contribution is -0.139. The fraction of sp³-hybridized carbons (Fsp3) is 0.538. The number of alkyl halides is 3. The van der Waals surface area contributed by atoms with Gasteiger partial charge in [0.2, 0.25) is 0 Å². The number of hydrogen-bond donors (Lipinski definition) is 1. The average Bonchev–Trinajstić information content (AvgIpc) is 2.22. The van der Waals surface area contributed by atoms with Gasteiger partial charge in [-0.05, 0) is 48.9 Å². The molecule has 0 heterocycles. The van der Waals surface area contributed by atoms with E-state index in [-0.39, 0.29) is 5.56 Å². The monoisotopic (exact) mass is 261 g/mol. The van der Waals surface area contributed by atoms with Gasteiger partial charge in [0, 0.05) is 0 Å². The molecule has 18 heavy (non-hydrogen) atoms. The molecule has 5 heteroatoms. The molecular weight excluding hydrogens is 246 g/mol. The molecule has 0 unspecified atom stereocenters. The van der Waals surface area contributed by atoms with E-state index in [0.29, 0.717) is 31.9 Å². The lowest BCUT2D eigenvalue weighted by Gasteiger charge is -2.43. The van der Waals surface area contributed by atoms with Crippen LogP contribution in [0.5, 0.6) is 0 Å². The maximum atomic E-state index is 13.0. The molecule has 1 aliphatic carbocycles. The van der Waals surface area contributed by atoms with Gasteiger partial charge in [-0.3, -0.25) is 0 Å². The first-order valence-corrected chi connectivity index (χ1v) is 5.96. The van der Waals surface area contributed by atoms with E-state index >= 15 is 0 Å². The minimum Gasteiger partial charge on any atom is -0.330 e. The third kappa shape index (κ3) is 2.23. The van der Waals surface area contributed by atoms with Crippen LogP contribution in [-0.4, -0.2) is 6.54 Å². The first-order chi connectivity index (χ1) is 8.39. The Balaban J connectivity index is 2.50. The highest BCUT2D eigenvalue weighted by molar-refractivity contribution is 5.38. The molecular formula is C13H15F4N. The Hall–Kier alpha value is -1.10. The summed E-state index contributed by atoms with van der Waals surface area (Å²) >= 11 is 0. The minimum atomic E-state index is -4.52. The van der Waals surface area contributed by atoms with Crippen molar-refractivity contribution in [1.29, 1.82) is 0 Å². The van der Waals surface area contributed by atoms with Gasteiger partial charge in [0.15, 0.2) is 0 Å². The fourth-order valence-electron chi connectivity index (χ4n) is 2.75. The smallest absolute Gasteiger partial charge is 0.330 e. The van der Waals surface area contributed by atoms with Crippen molar-refractivity contribution >= 4 is 0 Å². The number of benzene rings is 1. The number of halogens is 4. The second kappa shape index (κ2) is 4.53. The summed E-state index contributed by atoms with van der Waals surface area (Å²) < 4.78 is 51.9.